The van der Waals surface area contributed by atoms with E-state index in [0.29, 0.717) is 19.0 Å². The van der Waals surface area contributed by atoms with Gasteiger partial charge in [-0.15, -0.1) is 22.7 Å². The highest BCUT2D eigenvalue weighted by molar-refractivity contribution is 7.22. The Morgan fingerprint density at radius 1 is 1.34 bits per heavy atom. The average Bonchev–Trinajstić information content (AvgIpc) is 3.27. The maximum atomic E-state index is 12.6. The minimum Gasteiger partial charge on any atom is -0.317 e. The van der Waals surface area contributed by atoms with E-state index >= 15 is 0 Å². The van der Waals surface area contributed by atoms with Gasteiger partial charge in [0, 0.05) is 36.0 Å². The van der Waals surface area contributed by atoms with E-state index in [1.807, 2.05) is 0 Å². The Hall–Kier alpha value is -1.80. The molecular weight excluding hydrogens is 400 g/mol. The number of nitrogens with zero attached hydrogens (tertiary/aromatic N) is 1. The van der Waals surface area contributed by atoms with Crippen LogP contribution in [0.25, 0.3) is 20.8 Å². The van der Waals surface area contributed by atoms with Crippen molar-refractivity contribution in [3.8, 4) is 10.6 Å². The van der Waals surface area contributed by atoms with Gasteiger partial charge in [-0.1, -0.05) is 13.0 Å². The number of thiazole rings is 1. The number of hydrogen-bond donors (Lipinski definition) is 3. The van der Waals surface area contributed by atoms with Gasteiger partial charge in [0.25, 0.3) is 0 Å². The summed E-state index contributed by atoms with van der Waals surface area (Å²) >= 11 is 3.41. The second-order valence-electron chi connectivity index (χ2n) is 7.69. The Morgan fingerprint density at radius 2 is 2.21 bits per heavy atom. The lowest BCUT2D eigenvalue weighted by atomic mass is 10.0. The first-order valence-electron chi connectivity index (χ1n) is 10.3. The van der Waals surface area contributed by atoms with Gasteiger partial charge in [0.15, 0.2) is 0 Å². The zero-order chi connectivity index (χ0) is 20.4. The largest absolute Gasteiger partial charge is 0.317 e. The third kappa shape index (κ3) is 4.53. The van der Waals surface area contributed by atoms with E-state index in [9.17, 15) is 4.79 Å². The van der Waals surface area contributed by atoms with Crippen molar-refractivity contribution in [1.82, 2.24) is 15.6 Å². The number of anilines is 1. The summed E-state index contributed by atoms with van der Waals surface area (Å²) in [7, 11) is 0. The van der Waals surface area contributed by atoms with Crippen molar-refractivity contribution in [3.63, 3.8) is 0 Å². The van der Waals surface area contributed by atoms with E-state index in [1.165, 1.54) is 20.7 Å². The van der Waals surface area contributed by atoms with E-state index in [0.717, 1.165) is 47.0 Å². The van der Waals surface area contributed by atoms with Crippen LogP contribution in [-0.4, -0.2) is 30.0 Å². The predicted molar refractivity (Wildman–Crippen MR) is 124 cm³/mol. The lowest BCUT2D eigenvalue weighted by molar-refractivity contribution is -0.116. The Labute approximate surface area is 179 Å². The van der Waals surface area contributed by atoms with Crippen molar-refractivity contribution >= 4 is 43.8 Å². The van der Waals surface area contributed by atoms with Crippen molar-refractivity contribution in [1.29, 1.82) is 0 Å². The molecule has 4 rings (SSSR count). The molecule has 3 N–H and O–H groups in total. The molecule has 29 heavy (non-hydrogen) atoms. The molecule has 1 atom stereocenters. The molecule has 154 valence electrons. The van der Waals surface area contributed by atoms with Crippen LogP contribution in [0.5, 0.6) is 0 Å². The molecule has 0 fully saturated rings. The zero-order valence-corrected chi connectivity index (χ0v) is 18.9. The number of fused-ring (bicyclic) bond motifs is 2. The normalized spacial score (nSPS) is 14.7. The Bertz CT molecular complexity index is 1020. The molecule has 1 aliphatic heterocycles. The summed E-state index contributed by atoms with van der Waals surface area (Å²) in [6, 6.07) is 6.84. The summed E-state index contributed by atoms with van der Waals surface area (Å²) in [5, 5.41) is 12.0. The molecule has 3 aromatic rings. The second kappa shape index (κ2) is 8.92. The van der Waals surface area contributed by atoms with Gasteiger partial charge in [-0.2, -0.15) is 0 Å². The fourth-order valence-corrected chi connectivity index (χ4v) is 5.88. The van der Waals surface area contributed by atoms with Crippen molar-refractivity contribution in [2.75, 3.05) is 18.4 Å². The van der Waals surface area contributed by atoms with E-state index < -0.39 is 0 Å². The van der Waals surface area contributed by atoms with E-state index in [4.69, 9.17) is 4.98 Å². The second-order valence-corrected chi connectivity index (χ2v) is 9.82. The first kappa shape index (κ1) is 20.5. The van der Waals surface area contributed by atoms with Crippen LogP contribution >= 0.6 is 22.7 Å². The van der Waals surface area contributed by atoms with Crippen LogP contribution < -0.4 is 16.0 Å². The number of aromatic nitrogens is 1. The lowest BCUT2D eigenvalue weighted by Gasteiger charge is -2.13. The molecule has 1 amide bonds. The summed E-state index contributed by atoms with van der Waals surface area (Å²) in [6.45, 7) is 8.91. The molecule has 0 aliphatic carbocycles. The van der Waals surface area contributed by atoms with Crippen LogP contribution in [0.15, 0.2) is 18.2 Å². The summed E-state index contributed by atoms with van der Waals surface area (Å²) in [5.41, 5.74) is 4.73. The van der Waals surface area contributed by atoms with Gasteiger partial charge in [-0.25, -0.2) is 4.98 Å². The first-order valence-corrected chi connectivity index (χ1v) is 11.9. The quantitative estimate of drug-likeness (QED) is 0.510. The SMILES string of the molecule is CCC(C)NCCC(=O)Nc1sc2c(c1-c1nc3cc(C)ccc3s1)CCNC2. The highest BCUT2D eigenvalue weighted by Gasteiger charge is 2.25. The standard InChI is InChI=1S/C22H28N4OS2/c1-4-14(3)24-10-8-19(27)26-22-20(15-7-9-23-12-18(15)29-22)21-25-16-11-13(2)5-6-17(16)28-21/h5-6,11,14,23-24H,4,7-10,12H2,1-3H3,(H,26,27). The highest BCUT2D eigenvalue weighted by Crippen LogP contribution is 2.44. The minimum atomic E-state index is 0.0607. The molecular formula is C22H28N4OS2. The maximum absolute atomic E-state index is 12.6. The monoisotopic (exact) mass is 428 g/mol. The van der Waals surface area contributed by atoms with Gasteiger partial charge in [-0.05, 0) is 56.5 Å². The van der Waals surface area contributed by atoms with Gasteiger partial charge in [0.05, 0.1) is 10.2 Å². The molecule has 7 heteroatoms. The van der Waals surface area contributed by atoms with E-state index in [2.05, 4.69) is 54.9 Å². The fourth-order valence-electron chi connectivity index (χ4n) is 3.56. The van der Waals surface area contributed by atoms with Gasteiger partial charge in [0.1, 0.15) is 10.0 Å². The molecule has 0 bridgehead atoms. The van der Waals surface area contributed by atoms with Gasteiger partial charge >= 0.3 is 0 Å². The lowest BCUT2D eigenvalue weighted by Crippen LogP contribution is -2.28. The molecule has 1 unspecified atom stereocenters. The number of carbonyl (C=O) groups is 1. The number of carbonyl (C=O) groups excluding carboxylic acids is 1. The number of amides is 1. The number of aryl methyl sites for hydroxylation is 1. The third-order valence-corrected chi connectivity index (χ3v) is 7.60. The number of rotatable bonds is 7. The van der Waals surface area contributed by atoms with Crippen molar-refractivity contribution in [2.45, 2.75) is 52.6 Å². The van der Waals surface area contributed by atoms with Crippen LogP contribution in [0, 0.1) is 6.92 Å². The summed E-state index contributed by atoms with van der Waals surface area (Å²) in [6.07, 6.45) is 2.51. The van der Waals surface area contributed by atoms with Crippen molar-refractivity contribution in [2.24, 2.45) is 0 Å². The predicted octanol–water partition coefficient (Wildman–Crippen LogP) is 4.70. The number of nitrogens with one attached hydrogen (secondary N) is 3. The first-order chi connectivity index (χ1) is 14.0. The topological polar surface area (TPSA) is 66.0 Å². The van der Waals surface area contributed by atoms with Gasteiger partial charge in [0.2, 0.25) is 5.91 Å². The third-order valence-electron chi connectivity index (χ3n) is 5.40. The Morgan fingerprint density at radius 3 is 3.03 bits per heavy atom. The fraction of sp³-hybridized carbons (Fsp3) is 0.455. The molecule has 0 saturated heterocycles. The zero-order valence-electron chi connectivity index (χ0n) is 17.2. The van der Waals surface area contributed by atoms with E-state index in [-0.39, 0.29) is 5.91 Å². The average molecular weight is 429 g/mol. The van der Waals surface area contributed by atoms with Crippen LogP contribution in [0.2, 0.25) is 0 Å². The molecule has 1 aromatic carbocycles. The smallest absolute Gasteiger partial charge is 0.226 e. The summed E-state index contributed by atoms with van der Waals surface area (Å²) < 4.78 is 1.19. The molecule has 1 aliphatic rings. The summed E-state index contributed by atoms with van der Waals surface area (Å²) in [4.78, 5) is 18.9. The van der Waals surface area contributed by atoms with Crippen LogP contribution in [0.3, 0.4) is 0 Å². The minimum absolute atomic E-state index is 0.0607. The maximum Gasteiger partial charge on any atom is 0.226 e. The van der Waals surface area contributed by atoms with Gasteiger partial charge < -0.3 is 16.0 Å². The summed E-state index contributed by atoms with van der Waals surface area (Å²) in [5.74, 6) is 0.0607. The van der Waals surface area contributed by atoms with Gasteiger partial charge in [-0.3, -0.25) is 4.79 Å². The van der Waals surface area contributed by atoms with Crippen LogP contribution in [-0.2, 0) is 17.8 Å². The molecule has 3 heterocycles. The number of benzene rings is 1. The molecule has 0 saturated carbocycles. The Kier molecular flexibility index (Phi) is 6.29. The Balaban J connectivity index is 1.62. The molecule has 2 aromatic heterocycles. The van der Waals surface area contributed by atoms with Crippen LogP contribution in [0.1, 0.15) is 42.7 Å². The molecule has 0 spiro atoms. The van der Waals surface area contributed by atoms with Crippen LogP contribution in [0.4, 0.5) is 5.00 Å². The highest BCUT2D eigenvalue weighted by atomic mass is 32.1. The molecule has 0 radical (unpaired) electrons. The van der Waals surface area contributed by atoms with Crippen molar-refractivity contribution < 1.29 is 4.79 Å². The van der Waals surface area contributed by atoms with E-state index in [1.54, 1.807) is 22.7 Å². The van der Waals surface area contributed by atoms with Crippen molar-refractivity contribution in [3.05, 3.63) is 34.2 Å². The molecule has 5 nitrogen and oxygen atoms in total. The number of thiophene rings is 1. The number of hydrogen-bond acceptors (Lipinski definition) is 6.